The van der Waals surface area contributed by atoms with Gasteiger partial charge in [0.15, 0.2) is 0 Å². The van der Waals surface area contributed by atoms with Crippen LogP contribution in [0.1, 0.15) is 23.6 Å². The molecule has 102 valence electrons. The summed E-state index contributed by atoms with van der Waals surface area (Å²) in [6.07, 6.45) is 0. The molecule has 0 aliphatic rings. The fourth-order valence-corrected chi connectivity index (χ4v) is 2.69. The van der Waals surface area contributed by atoms with Crippen LogP contribution in [0.3, 0.4) is 0 Å². The zero-order valence-electron chi connectivity index (χ0n) is 10.1. The molecular formula is C11H13ClF2O3S. The average Bonchev–Trinajstić information content (AvgIpc) is 2.17. The van der Waals surface area contributed by atoms with Gasteiger partial charge in [0.1, 0.15) is 5.75 Å². The summed E-state index contributed by atoms with van der Waals surface area (Å²) in [7, 11) is 2.53. The normalized spacial score (nSPS) is 12.6. The zero-order chi connectivity index (χ0) is 14.1. The smallest absolute Gasteiger partial charge is 0.274 e. The maximum Gasteiger partial charge on any atom is 0.274 e. The SMILES string of the molecule is COc1c(C(C)(F)F)ccc(C)c1CS(=O)(=O)Cl. The van der Waals surface area contributed by atoms with E-state index in [2.05, 4.69) is 0 Å². The van der Waals surface area contributed by atoms with E-state index in [-0.39, 0.29) is 16.9 Å². The lowest BCUT2D eigenvalue weighted by molar-refractivity contribution is 0.0149. The molecule has 0 heterocycles. The summed E-state index contributed by atoms with van der Waals surface area (Å²) in [4.78, 5) is 0. The Labute approximate surface area is 109 Å². The highest BCUT2D eigenvalue weighted by Gasteiger charge is 2.31. The van der Waals surface area contributed by atoms with Crippen LogP contribution in [0.5, 0.6) is 5.75 Å². The molecule has 1 rings (SSSR count). The van der Waals surface area contributed by atoms with Crippen LogP contribution in [0.2, 0.25) is 0 Å². The Balaban J connectivity index is 3.50. The number of alkyl halides is 2. The van der Waals surface area contributed by atoms with Gasteiger partial charge in [-0.05, 0) is 18.6 Å². The number of rotatable bonds is 4. The first-order chi connectivity index (χ1) is 8.06. The second-order valence-electron chi connectivity index (χ2n) is 4.01. The summed E-state index contributed by atoms with van der Waals surface area (Å²) in [5.74, 6) is -3.80. The zero-order valence-corrected chi connectivity index (χ0v) is 11.7. The first kappa shape index (κ1) is 15.2. The standard InChI is InChI=1S/C11H13ClF2O3S/c1-7-4-5-9(11(2,13)14)10(17-3)8(7)6-18(12,15)16/h4-5H,6H2,1-3H3. The van der Waals surface area contributed by atoms with Gasteiger partial charge in [0, 0.05) is 23.2 Å². The molecule has 3 nitrogen and oxygen atoms in total. The van der Waals surface area contributed by atoms with Crippen molar-refractivity contribution in [3.05, 3.63) is 28.8 Å². The molecule has 0 saturated carbocycles. The molecule has 7 heteroatoms. The summed E-state index contributed by atoms with van der Waals surface area (Å²) in [5.41, 5.74) is 0.335. The quantitative estimate of drug-likeness (QED) is 0.802. The van der Waals surface area contributed by atoms with Crippen molar-refractivity contribution in [3.63, 3.8) is 0 Å². The minimum Gasteiger partial charge on any atom is -0.496 e. The molecule has 18 heavy (non-hydrogen) atoms. The fraction of sp³-hybridized carbons (Fsp3) is 0.455. The van der Waals surface area contributed by atoms with Crippen molar-refractivity contribution in [3.8, 4) is 5.75 Å². The van der Waals surface area contributed by atoms with Gasteiger partial charge in [0.2, 0.25) is 9.05 Å². The van der Waals surface area contributed by atoms with E-state index in [1.807, 2.05) is 0 Å². The third-order valence-electron chi connectivity index (χ3n) is 2.49. The molecule has 0 atom stereocenters. The highest BCUT2D eigenvalue weighted by molar-refractivity contribution is 8.13. The van der Waals surface area contributed by atoms with Gasteiger partial charge < -0.3 is 4.74 Å². The van der Waals surface area contributed by atoms with Crippen LogP contribution in [-0.4, -0.2) is 15.5 Å². The van der Waals surface area contributed by atoms with Gasteiger partial charge in [-0.15, -0.1) is 0 Å². The molecule has 0 aliphatic carbocycles. The van der Waals surface area contributed by atoms with E-state index in [1.165, 1.54) is 19.2 Å². The average molecular weight is 299 g/mol. The van der Waals surface area contributed by atoms with E-state index in [4.69, 9.17) is 15.4 Å². The second-order valence-corrected chi connectivity index (χ2v) is 6.79. The minimum absolute atomic E-state index is 0.133. The van der Waals surface area contributed by atoms with Crippen molar-refractivity contribution in [1.29, 1.82) is 0 Å². The topological polar surface area (TPSA) is 43.4 Å². The molecule has 0 unspecified atom stereocenters. The van der Waals surface area contributed by atoms with Crippen LogP contribution in [0.25, 0.3) is 0 Å². The first-order valence-electron chi connectivity index (χ1n) is 5.03. The number of ether oxygens (including phenoxy) is 1. The number of hydrogen-bond donors (Lipinski definition) is 0. The van der Waals surface area contributed by atoms with Crippen molar-refractivity contribution in [2.75, 3.05) is 7.11 Å². The summed E-state index contributed by atoms with van der Waals surface area (Å²) in [5, 5.41) is 0. The van der Waals surface area contributed by atoms with Crippen molar-refractivity contribution in [1.82, 2.24) is 0 Å². The lowest BCUT2D eigenvalue weighted by Crippen LogP contribution is -2.12. The van der Waals surface area contributed by atoms with Crippen LogP contribution in [0.15, 0.2) is 12.1 Å². The van der Waals surface area contributed by atoms with E-state index in [1.54, 1.807) is 6.92 Å². The Morgan fingerprint density at radius 3 is 2.33 bits per heavy atom. The van der Waals surface area contributed by atoms with Gasteiger partial charge in [-0.2, -0.15) is 0 Å². The molecule has 0 aromatic heterocycles. The summed E-state index contributed by atoms with van der Waals surface area (Å²) in [6, 6.07) is 2.64. The number of aryl methyl sites for hydroxylation is 1. The maximum atomic E-state index is 13.4. The molecule has 1 aromatic rings. The second kappa shape index (κ2) is 5.01. The number of benzene rings is 1. The summed E-state index contributed by atoms with van der Waals surface area (Å²) >= 11 is 0. The molecule has 0 amide bonds. The third-order valence-corrected chi connectivity index (χ3v) is 3.45. The maximum absolute atomic E-state index is 13.4. The molecule has 0 N–H and O–H groups in total. The van der Waals surface area contributed by atoms with E-state index in [9.17, 15) is 17.2 Å². The monoisotopic (exact) mass is 298 g/mol. The van der Waals surface area contributed by atoms with Crippen molar-refractivity contribution >= 4 is 19.7 Å². The van der Waals surface area contributed by atoms with Crippen LogP contribution >= 0.6 is 10.7 Å². The van der Waals surface area contributed by atoms with Gasteiger partial charge in [0.05, 0.1) is 18.4 Å². The van der Waals surface area contributed by atoms with Crippen LogP contribution in [0.4, 0.5) is 8.78 Å². The number of hydrogen-bond acceptors (Lipinski definition) is 3. The van der Waals surface area contributed by atoms with Crippen molar-refractivity contribution < 1.29 is 21.9 Å². The number of halogens is 3. The Kier molecular flexibility index (Phi) is 4.23. The van der Waals surface area contributed by atoms with Crippen LogP contribution < -0.4 is 4.74 Å². The van der Waals surface area contributed by atoms with Gasteiger partial charge >= 0.3 is 0 Å². The molecule has 0 aliphatic heterocycles. The fourth-order valence-electron chi connectivity index (χ4n) is 1.66. The molecule has 0 fully saturated rings. The molecule has 0 saturated heterocycles. The Hall–Kier alpha value is -0.880. The van der Waals surface area contributed by atoms with Crippen LogP contribution in [0, 0.1) is 6.92 Å². The highest BCUT2D eigenvalue weighted by atomic mass is 35.7. The van der Waals surface area contributed by atoms with Crippen LogP contribution in [-0.2, 0) is 20.7 Å². The van der Waals surface area contributed by atoms with E-state index < -0.39 is 20.7 Å². The molecule has 0 radical (unpaired) electrons. The minimum atomic E-state index is -3.85. The molecule has 0 bridgehead atoms. The Bertz CT molecular complexity index is 550. The van der Waals surface area contributed by atoms with Gasteiger partial charge in [-0.25, -0.2) is 17.2 Å². The first-order valence-corrected chi connectivity index (χ1v) is 7.51. The molecule has 0 spiro atoms. The highest BCUT2D eigenvalue weighted by Crippen LogP contribution is 2.38. The van der Waals surface area contributed by atoms with E-state index in [0.29, 0.717) is 5.56 Å². The lowest BCUT2D eigenvalue weighted by atomic mass is 10.0. The molecule has 1 aromatic carbocycles. The van der Waals surface area contributed by atoms with Crippen molar-refractivity contribution in [2.45, 2.75) is 25.5 Å². The van der Waals surface area contributed by atoms with Gasteiger partial charge in [0.25, 0.3) is 5.92 Å². The van der Waals surface area contributed by atoms with Gasteiger partial charge in [-0.3, -0.25) is 0 Å². The van der Waals surface area contributed by atoms with E-state index in [0.717, 1.165) is 6.92 Å². The summed E-state index contributed by atoms with van der Waals surface area (Å²) in [6.45, 7) is 2.33. The van der Waals surface area contributed by atoms with Gasteiger partial charge in [-0.1, -0.05) is 6.07 Å². The predicted octanol–water partition coefficient (Wildman–Crippen LogP) is 3.18. The predicted molar refractivity (Wildman–Crippen MR) is 65.8 cm³/mol. The van der Waals surface area contributed by atoms with E-state index >= 15 is 0 Å². The largest absolute Gasteiger partial charge is 0.496 e. The Morgan fingerprint density at radius 2 is 1.94 bits per heavy atom. The lowest BCUT2D eigenvalue weighted by Gasteiger charge is -2.19. The van der Waals surface area contributed by atoms with Crippen molar-refractivity contribution in [2.24, 2.45) is 0 Å². The Morgan fingerprint density at radius 1 is 1.39 bits per heavy atom. The number of methoxy groups -OCH3 is 1. The third kappa shape index (κ3) is 3.55. The molecular weight excluding hydrogens is 286 g/mol. The summed E-state index contributed by atoms with van der Waals surface area (Å²) < 4.78 is 53.9.